The minimum absolute atomic E-state index is 0.0196. The molecular formula is C15H16N4O4. The van der Waals surface area contributed by atoms with Gasteiger partial charge in [-0.25, -0.2) is 0 Å². The van der Waals surface area contributed by atoms with Crippen molar-refractivity contribution < 1.29 is 9.72 Å². The predicted molar refractivity (Wildman–Crippen MR) is 84.9 cm³/mol. The Morgan fingerprint density at radius 1 is 1.39 bits per heavy atom. The number of ketones is 1. The van der Waals surface area contributed by atoms with Gasteiger partial charge in [0.25, 0.3) is 6.54 Å². The van der Waals surface area contributed by atoms with Crippen LogP contribution in [0.5, 0.6) is 0 Å². The van der Waals surface area contributed by atoms with Crippen molar-refractivity contribution in [3.63, 3.8) is 0 Å². The maximum atomic E-state index is 12.5. The number of aromatic nitrogens is 1. The van der Waals surface area contributed by atoms with Crippen molar-refractivity contribution in [1.82, 2.24) is 4.68 Å². The number of hydrogen-bond acceptors (Lipinski definition) is 6. The summed E-state index contributed by atoms with van der Waals surface area (Å²) in [6, 6.07) is 6.92. The minimum atomic E-state index is -0.896. The Bertz CT molecular complexity index is 845. The SMILES string of the molecule is NC1CCN(n2cc(C(=O)C[N+](=O)[O-])c(=O)c3ccccc32)C1. The normalized spacial score (nSPS) is 17.6. The number of hydrogen-bond donors (Lipinski definition) is 1. The highest BCUT2D eigenvalue weighted by Gasteiger charge is 2.24. The van der Waals surface area contributed by atoms with Gasteiger partial charge >= 0.3 is 0 Å². The first kappa shape index (κ1) is 15.2. The second kappa shape index (κ2) is 5.81. The maximum Gasteiger partial charge on any atom is 0.266 e. The van der Waals surface area contributed by atoms with Crippen molar-refractivity contribution in [2.24, 2.45) is 5.73 Å². The van der Waals surface area contributed by atoms with Gasteiger partial charge in [0.2, 0.25) is 11.2 Å². The van der Waals surface area contributed by atoms with Crippen LogP contribution in [-0.4, -0.2) is 41.1 Å². The van der Waals surface area contributed by atoms with Gasteiger partial charge in [0.1, 0.15) is 0 Å². The fraction of sp³-hybridized carbons (Fsp3) is 0.333. The molecule has 8 nitrogen and oxygen atoms in total. The smallest absolute Gasteiger partial charge is 0.266 e. The van der Waals surface area contributed by atoms with Crippen molar-refractivity contribution in [2.45, 2.75) is 12.5 Å². The molecule has 1 aromatic carbocycles. The van der Waals surface area contributed by atoms with Gasteiger partial charge < -0.3 is 10.7 Å². The first-order valence-electron chi connectivity index (χ1n) is 7.27. The molecule has 1 aliphatic rings. The number of fused-ring (bicyclic) bond motifs is 1. The largest absolute Gasteiger partial charge is 0.326 e. The number of pyridine rings is 1. The van der Waals surface area contributed by atoms with Crippen molar-refractivity contribution in [3.8, 4) is 0 Å². The van der Waals surface area contributed by atoms with Crippen LogP contribution in [0.4, 0.5) is 0 Å². The molecule has 2 N–H and O–H groups in total. The molecule has 1 atom stereocenters. The molecule has 1 aliphatic heterocycles. The molecule has 1 unspecified atom stereocenters. The fourth-order valence-corrected chi connectivity index (χ4v) is 2.86. The van der Waals surface area contributed by atoms with E-state index in [9.17, 15) is 19.7 Å². The monoisotopic (exact) mass is 316 g/mol. The van der Waals surface area contributed by atoms with Crippen LogP contribution >= 0.6 is 0 Å². The van der Waals surface area contributed by atoms with Gasteiger partial charge in [0.05, 0.1) is 11.1 Å². The third-order valence-electron chi connectivity index (χ3n) is 3.97. The lowest BCUT2D eigenvalue weighted by molar-refractivity contribution is -0.465. The van der Waals surface area contributed by atoms with Crippen LogP contribution in [0.3, 0.4) is 0 Å². The summed E-state index contributed by atoms with van der Waals surface area (Å²) >= 11 is 0. The van der Waals surface area contributed by atoms with E-state index in [1.165, 1.54) is 6.20 Å². The molecule has 3 rings (SSSR count). The van der Waals surface area contributed by atoms with Gasteiger partial charge in [-0.1, -0.05) is 12.1 Å². The van der Waals surface area contributed by atoms with E-state index in [0.29, 0.717) is 24.0 Å². The molecule has 0 spiro atoms. The first-order chi connectivity index (χ1) is 11.0. The number of rotatable bonds is 4. The number of para-hydroxylation sites is 1. The van der Waals surface area contributed by atoms with Gasteiger partial charge in [0.15, 0.2) is 0 Å². The molecular weight excluding hydrogens is 300 g/mol. The van der Waals surface area contributed by atoms with E-state index in [0.717, 1.165) is 6.42 Å². The van der Waals surface area contributed by atoms with E-state index < -0.39 is 22.7 Å². The van der Waals surface area contributed by atoms with Crippen LogP contribution in [0, 0.1) is 10.1 Å². The number of nitro groups is 1. The van der Waals surface area contributed by atoms with Crippen LogP contribution in [-0.2, 0) is 0 Å². The van der Waals surface area contributed by atoms with E-state index in [1.807, 2.05) is 5.01 Å². The molecule has 1 aromatic heterocycles. The number of nitrogens with zero attached hydrogens (tertiary/aromatic N) is 3. The molecule has 23 heavy (non-hydrogen) atoms. The Balaban J connectivity index is 2.18. The first-order valence-corrected chi connectivity index (χ1v) is 7.27. The molecule has 0 bridgehead atoms. The summed E-state index contributed by atoms with van der Waals surface area (Å²) in [5.41, 5.74) is 5.94. The third kappa shape index (κ3) is 2.80. The Hall–Kier alpha value is -2.74. The molecule has 8 heteroatoms. The van der Waals surface area contributed by atoms with Crippen LogP contribution in [0.15, 0.2) is 35.3 Å². The summed E-state index contributed by atoms with van der Waals surface area (Å²) in [7, 11) is 0. The van der Waals surface area contributed by atoms with Crippen molar-refractivity contribution >= 4 is 16.7 Å². The Labute approximate surface area is 131 Å². The highest BCUT2D eigenvalue weighted by Crippen LogP contribution is 2.16. The van der Waals surface area contributed by atoms with Gasteiger partial charge in [-0.15, -0.1) is 0 Å². The van der Waals surface area contributed by atoms with Crippen molar-refractivity contribution in [2.75, 3.05) is 24.6 Å². The summed E-state index contributed by atoms with van der Waals surface area (Å²) in [6.45, 7) is 0.389. The van der Waals surface area contributed by atoms with Crippen molar-refractivity contribution in [3.05, 3.63) is 56.4 Å². The standard InChI is InChI=1S/C15H16N4O4/c16-10-5-6-17(7-10)18-8-12(14(20)9-19(22)23)15(21)11-3-1-2-4-13(11)18/h1-4,8,10H,5-7,9,16H2. The predicted octanol–water partition coefficient (Wildman–Crippen LogP) is 0.130. The Morgan fingerprint density at radius 3 is 2.78 bits per heavy atom. The number of Topliss-reactive ketones (excluding diaryl/α,β-unsaturated/α-hetero) is 1. The highest BCUT2D eigenvalue weighted by molar-refractivity contribution is 5.99. The zero-order chi connectivity index (χ0) is 16.6. The van der Waals surface area contributed by atoms with Crippen molar-refractivity contribution in [1.29, 1.82) is 0 Å². The maximum absolute atomic E-state index is 12.5. The summed E-state index contributed by atoms with van der Waals surface area (Å²) < 4.78 is 1.72. The molecule has 1 fully saturated rings. The third-order valence-corrected chi connectivity index (χ3v) is 3.97. The van der Waals surface area contributed by atoms with Gasteiger partial charge in [0, 0.05) is 35.6 Å². The summed E-state index contributed by atoms with van der Waals surface area (Å²) in [5, 5.41) is 12.9. The molecule has 120 valence electrons. The number of benzene rings is 1. The zero-order valence-corrected chi connectivity index (χ0v) is 12.3. The molecule has 2 aromatic rings. The molecule has 0 amide bonds. The van der Waals surface area contributed by atoms with Gasteiger partial charge in [-0.05, 0) is 18.6 Å². The van der Waals surface area contributed by atoms with Gasteiger partial charge in [-0.3, -0.25) is 24.4 Å². The second-order valence-corrected chi connectivity index (χ2v) is 5.61. The second-order valence-electron chi connectivity index (χ2n) is 5.61. The number of nitrogens with two attached hydrogens (primary N) is 1. The fourth-order valence-electron chi connectivity index (χ4n) is 2.86. The topological polar surface area (TPSA) is 111 Å². The van der Waals surface area contributed by atoms with E-state index in [-0.39, 0.29) is 11.6 Å². The molecule has 0 aliphatic carbocycles. The Kier molecular flexibility index (Phi) is 3.83. The van der Waals surface area contributed by atoms with E-state index in [1.54, 1.807) is 28.9 Å². The van der Waals surface area contributed by atoms with Gasteiger partial charge in [-0.2, -0.15) is 0 Å². The molecule has 2 heterocycles. The summed E-state index contributed by atoms with van der Waals surface area (Å²) in [4.78, 5) is 34.4. The highest BCUT2D eigenvalue weighted by atomic mass is 16.6. The lowest BCUT2D eigenvalue weighted by atomic mass is 10.1. The summed E-state index contributed by atoms with van der Waals surface area (Å²) in [5.74, 6) is -0.789. The van der Waals surface area contributed by atoms with Crippen LogP contribution in [0.2, 0.25) is 0 Å². The lowest BCUT2D eigenvalue weighted by Crippen LogP contribution is -2.37. The quantitative estimate of drug-likeness (QED) is 0.487. The van der Waals surface area contributed by atoms with E-state index in [2.05, 4.69) is 0 Å². The number of carbonyl (C=O) groups is 1. The van der Waals surface area contributed by atoms with Crippen LogP contribution < -0.4 is 16.2 Å². The Morgan fingerprint density at radius 2 is 2.13 bits per heavy atom. The average molecular weight is 316 g/mol. The van der Waals surface area contributed by atoms with Crippen LogP contribution in [0.1, 0.15) is 16.8 Å². The van der Waals surface area contributed by atoms with E-state index >= 15 is 0 Å². The lowest BCUT2D eigenvalue weighted by Gasteiger charge is -2.24. The zero-order valence-electron chi connectivity index (χ0n) is 12.3. The minimum Gasteiger partial charge on any atom is -0.326 e. The molecule has 1 saturated heterocycles. The van der Waals surface area contributed by atoms with E-state index in [4.69, 9.17) is 5.73 Å². The molecule has 0 radical (unpaired) electrons. The molecule has 0 saturated carbocycles. The number of carbonyl (C=O) groups excluding carboxylic acids is 1. The average Bonchev–Trinajstić information content (AvgIpc) is 2.93. The summed E-state index contributed by atoms with van der Waals surface area (Å²) in [6.07, 6.45) is 2.20. The van der Waals surface area contributed by atoms with Crippen LogP contribution in [0.25, 0.3) is 10.9 Å².